The Bertz CT molecular complexity index is 567. The summed E-state index contributed by atoms with van der Waals surface area (Å²) < 4.78 is 5.38. The summed E-state index contributed by atoms with van der Waals surface area (Å²) in [4.78, 5) is 19.3. The molecular formula is C12H13N3O2. The maximum atomic E-state index is 11.1. The highest BCUT2D eigenvalue weighted by molar-refractivity contribution is 5.96. The molecule has 2 N–H and O–H groups in total. The number of hydrogen-bond acceptors (Lipinski definition) is 4. The molecule has 0 unspecified atom stereocenters. The van der Waals surface area contributed by atoms with Crippen LogP contribution in [0.1, 0.15) is 24.2 Å². The molecule has 0 aliphatic heterocycles. The second kappa shape index (κ2) is 4.37. The first-order valence-electron chi connectivity index (χ1n) is 5.29. The van der Waals surface area contributed by atoms with Crippen LogP contribution < -0.4 is 10.5 Å². The van der Waals surface area contributed by atoms with E-state index in [1.165, 1.54) is 0 Å². The van der Waals surface area contributed by atoms with Gasteiger partial charge in [0.15, 0.2) is 0 Å². The lowest BCUT2D eigenvalue weighted by atomic mass is 10.1. The van der Waals surface area contributed by atoms with Crippen molar-refractivity contribution in [2.75, 3.05) is 0 Å². The third-order valence-electron chi connectivity index (χ3n) is 2.19. The molecule has 1 heterocycles. The fraction of sp³-hybridized carbons (Fsp3) is 0.250. The number of nitrogens with two attached hydrogens (primary N) is 1. The van der Waals surface area contributed by atoms with Crippen LogP contribution in [0.2, 0.25) is 0 Å². The van der Waals surface area contributed by atoms with Crippen LogP contribution in [0.5, 0.6) is 6.01 Å². The zero-order valence-corrected chi connectivity index (χ0v) is 9.68. The second-order valence-corrected chi connectivity index (χ2v) is 3.96. The second-order valence-electron chi connectivity index (χ2n) is 3.96. The van der Waals surface area contributed by atoms with E-state index in [1.807, 2.05) is 13.8 Å². The van der Waals surface area contributed by atoms with Crippen molar-refractivity contribution < 1.29 is 9.53 Å². The molecule has 0 aliphatic carbocycles. The lowest BCUT2D eigenvalue weighted by Gasteiger charge is -2.07. The quantitative estimate of drug-likeness (QED) is 0.868. The van der Waals surface area contributed by atoms with Gasteiger partial charge in [-0.15, -0.1) is 0 Å². The van der Waals surface area contributed by atoms with Crippen molar-refractivity contribution in [1.82, 2.24) is 9.97 Å². The largest absolute Gasteiger partial charge is 0.461 e. The molecule has 1 amide bonds. The lowest BCUT2D eigenvalue weighted by molar-refractivity contribution is 0.100. The van der Waals surface area contributed by atoms with Crippen molar-refractivity contribution in [3.8, 4) is 6.01 Å². The highest BCUT2D eigenvalue weighted by Crippen LogP contribution is 2.16. The minimum Gasteiger partial charge on any atom is -0.461 e. The normalized spacial score (nSPS) is 10.8. The summed E-state index contributed by atoms with van der Waals surface area (Å²) in [5, 5.41) is 0.839. The van der Waals surface area contributed by atoms with Crippen LogP contribution in [-0.4, -0.2) is 22.0 Å². The number of rotatable bonds is 3. The van der Waals surface area contributed by atoms with Gasteiger partial charge >= 0.3 is 6.01 Å². The third-order valence-corrected chi connectivity index (χ3v) is 2.19. The monoisotopic (exact) mass is 231 g/mol. The van der Waals surface area contributed by atoms with Gasteiger partial charge in [0.05, 0.1) is 11.6 Å². The molecule has 1 aromatic carbocycles. The van der Waals surface area contributed by atoms with Crippen LogP contribution in [0.4, 0.5) is 0 Å². The standard InChI is InChI=1S/C12H13N3O2/c1-7(2)17-12-14-6-9-4-3-8(11(13)16)5-10(9)15-12/h3-7H,1-2H3,(H2,13,16). The van der Waals surface area contributed by atoms with E-state index in [0.717, 1.165) is 5.39 Å². The van der Waals surface area contributed by atoms with Gasteiger partial charge in [-0.05, 0) is 26.0 Å². The highest BCUT2D eigenvalue weighted by atomic mass is 16.5. The maximum absolute atomic E-state index is 11.1. The Morgan fingerprint density at radius 1 is 1.41 bits per heavy atom. The topological polar surface area (TPSA) is 78.1 Å². The van der Waals surface area contributed by atoms with Crippen LogP contribution in [-0.2, 0) is 0 Å². The average molecular weight is 231 g/mol. The first-order valence-corrected chi connectivity index (χ1v) is 5.29. The molecule has 0 saturated heterocycles. The maximum Gasteiger partial charge on any atom is 0.317 e. The molecule has 0 bridgehead atoms. The van der Waals surface area contributed by atoms with Crippen LogP contribution in [0, 0.1) is 0 Å². The van der Waals surface area contributed by atoms with Gasteiger partial charge in [0, 0.05) is 17.1 Å². The molecule has 5 nitrogen and oxygen atoms in total. The molecule has 0 atom stereocenters. The summed E-state index contributed by atoms with van der Waals surface area (Å²) in [6, 6.07) is 5.34. The number of aromatic nitrogens is 2. The van der Waals surface area contributed by atoms with E-state index in [2.05, 4.69) is 9.97 Å². The molecule has 0 fully saturated rings. The van der Waals surface area contributed by atoms with E-state index < -0.39 is 5.91 Å². The minimum atomic E-state index is -0.475. The van der Waals surface area contributed by atoms with Crippen LogP contribution in [0.3, 0.4) is 0 Å². The minimum absolute atomic E-state index is 0.00627. The Morgan fingerprint density at radius 3 is 2.82 bits per heavy atom. The summed E-state index contributed by atoms with van der Waals surface area (Å²) in [6.45, 7) is 3.79. The average Bonchev–Trinajstić information content (AvgIpc) is 2.27. The molecule has 0 aliphatic rings. The Balaban J connectivity index is 2.47. The Kier molecular flexibility index (Phi) is 2.91. The summed E-state index contributed by atoms with van der Waals surface area (Å²) in [7, 11) is 0. The van der Waals surface area contributed by atoms with Gasteiger partial charge in [0.1, 0.15) is 0 Å². The smallest absolute Gasteiger partial charge is 0.317 e. The van der Waals surface area contributed by atoms with Crippen molar-refractivity contribution in [1.29, 1.82) is 0 Å². The number of ether oxygens (including phenoxy) is 1. The molecule has 0 radical (unpaired) electrons. The van der Waals surface area contributed by atoms with Gasteiger partial charge in [0.2, 0.25) is 5.91 Å². The molecule has 2 rings (SSSR count). The van der Waals surface area contributed by atoms with Crippen molar-refractivity contribution in [2.45, 2.75) is 20.0 Å². The van der Waals surface area contributed by atoms with Crippen LogP contribution in [0.25, 0.3) is 10.9 Å². The summed E-state index contributed by atoms with van der Waals surface area (Å²) >= 11 is 0. The van der Waals surface area contributed by atoms with E-state index in [0.29, 0.717) is 17.1 Å². The van der Waals surface area contributed by atoms with E-state index in [-0.39, 0.29) is 6.10 Å². The van der Waals surface area contributed by atoms with Gasteiger partial charge in [0.25, 0.3) is 0 Å². The first kappa shape index (κ1) is 11.3. The van der Waals surface area contributed by atoms with Crippen molar-refractivity contribution in [2.24, 2.45) is 5.73 Å². The number of hydrogen-bond donors (Lipinski definition) is 1. The zero-order chi connectivity index (χ0) is 12.4. The Labute approximate surface area is 98.6 Å². The predicted molar refractivity (Wildman–Crippen MR) is 63.8 cm³/mol. The van der Waals surface area contributed by atoms with Gasteiger partial charge in [-0.25, -0.2) is 4.98 Å². The van der Waals surface area contributed by atoms with E-state index >= 15 is 0 Å². The highest BCUT2D eigenvalue weighted by Gasteiger charge is 2.06. The predicted octanol–water partition coefficient (Wildman–Crippen LogP) is 1.52. The summed E-state index contributed by atoms with van der Waals surface area (Å²) in [5.74, 6) is -0.475. The number of primary amides is 1. The zero-order valence-electron chi connectivity index (χ0n) is 9.68. The fourth-order valence-corrected chi connectivity index (χ4v) is 1.43. The third kappa shape index (κ3) is 2.50. The van der Waals surface area contributed by atoms with Gasteiger partial charge in [-0.3, -0.25) is 4.79 Å². The summed E-state index contributed by atoms with van der Waals surface area (Å²) in [6.07, 6.45) is 1.66. The van der Waals surface area contributed by atoms with Gasteiger partial charge < -0.3 is 10.5 Å². The number of carbonyl (C=O) groups excluding carboxylic acids is 1. The number of carbonyl (C=O) groups is 1. The van der Waals surface area contributed by atoms with E-state index in [1.54, 1.807) is 24.4 Å². The molecule has 0 spiro atoms. The molecule has 17 heavy (non-hydrogen) atoms. The van der Waals surface area contributed by atoms with Crippen LogP contribution in [0.15, 0.2) is 24.4 Å². The Morgan fingerprint density at radius 2 is 2.18 bits per heavy atom. The number of nitrogens with zero attached hydrogens (tertiary/aromatic N) is 2. The molecule has 1 aromatic heterocycles. The molecular weight excluding hydrogens is 218 g/mol. The van der Waals surface area contributed by atoms with E-state index in [9.17, 15) is 4.79 Å². The number of amides is 1. The SMILES string of the molecule is CC(C)Oc1ncc2ccc(C(N)=O)cc2n1. The fourth-order valence-electron chi connectivity index (χ4n) is 1.43. The van der Waals surface area contributed by atoms with Crippen molar-refractivity contribution in [3.63, 3.8) is 0 Å². The molecule has 0 saturated carbocycles. The van der Waals surface area contributed by atoms with Crippen LogP contribution >= 0.6 is 0 Å². The summed E-state index contributed by atoms with van der Waals surface area (Å²) in [5.41, 5.74) is 6.28. The number of fused-ring (bicyclic) bond motifs is 1. The molecule has 2 aromatic rings. The molecule has 88 valence electrons. The van der Waals surface area contributed by atoms with Gasteiger partial charge in [-0.1, -0.05) is 6.07 Å². The van der Waals surface area contributed by atoms with Crippen molar-refractivity contribution in [3.05, 3.63) is 30.0 Å². The van der Waals surface area contributed by atoms with Crippen molar-refractivity contribution >= 4 is 16.8 Å². The van der Waals surface area contributed by atoms with E-state index in [4.69, 9.17) is 10.5 Å². The molecule has 5 heteroatoms. The van der Waals surface area contributed by atoms with Gasteiger partial charge in [-0.2, -0.15) is 4.98 Å². The lowest BCUT2D eigenvalue weighted by Crippen LogP contribution is -2.11. The first-order chi connectivity index (χ1) is 8.06. The number of benzene rings is 1. The Hall–Kier alpha value is -2.17.